The molecule has 0 amide bonds. The van der Waals surface area contributed by atoms with Gasteiger partial charge in [-0.1, -0.05) is 30.3 Å². The Morgan fingerprint density at radius 3 is 2.60 bits per heavy atom. The zero-order valence-electron chi connectivity index (χ0n) is 12.5. The summed E-state index contributed by atoms with van der Waals surface area (Å²) in [6, 6.07) is 11.6. The van der Waals surface area contributed by atoms with Crippen LogP contribution < -0.4 is 0 Å². The minimum atomic E-state index is 0.706. The number of benzene rings is 2. The molecule has 0 heterocycles. The zero-order chi connectivity index (χ0) is 13.7. The van der Waals surface area contributed by atoms with Crippen LogP contribution in [0.3, 0.4) is 0 Å². The molecule has 20 heavy (non-hydrogen) atoms. The van der Waals surface area contributed by atoms with Gasteiger partial charge >= 0.3 is 0 Å². The van der Waals surface area contributed by atoms with E-state index < -0.39 is 0 Å². The van der Waals surface area contributed by atoms with E-state index in [9.17, 15) is 0 Å². The van der Waals surface area contributed by atoms with Crippen LogP contribution in [0.1, 0.15) is 51.3 Å². The van der Waals surface area contributed by atoms with Crippen LogP contribution in [0.2, 0.25) is 0 Å². The van der Waals surface area contributed by atoms with Gasteiger partial charge in [0.15, 0.2) is 0 Å². The van der Waals surface area contributed by atoms with Crippen LogP contribution in [0, 0.1) is 13.8 Å². The number of fused-ring (bicyclic) bond motifs is 2. The van der Waals surface area contributed by atoms with E-state index >= 15 is 0 Å². The molecule has 4 rings (SSSR count). The lowest BCUT2D eigenvalue weighted by Crippen LogP contribution is -2.03. The van der Waals surface area contributed by atoms with Crippen molar-refractivity contribution >= 4 is 0 Å². The summed E-state index contributed by atoms with van der Waals surface area (Å²) in [5, 5.41) is 0. The largest absolute Gasteiger partial charge is 0.0617 e. The second-order valence-corrected chi connectivity index (χ2v) is 6.59. The first-order valence-corrected chi connectivity index (χ1v) is 7.92. The predicted molar refractivity (Wildman–Crippen MR) is 84.5 cm³/mol. The van der Waals surface area contributed by atoms with E-state index in [1.165, 1.54) is 37.7 Å². The molecule has 2 aliphatic carbocycles. The highest BCUT2D eigenvalue weighted by atomic mass is 14.3. The van der Waals surface area contributed by atoms with E-state index in [0.29, 0.717) is 5.92 Å². The van der Waals surface area contributed by atoms with Crippen molar-refractivity contribution in [3.8, 4) is 0 Å². The molecule has 0 nitrogen and oxygen atoms in total. The van der Waals surface area contributed by atoms with Gasteiger partial charge in [-0.3, -0.25) is 0 Å². The van der Waals surface area contributed by atoms with E-state index in [1.54, 1.807) is 33.4 Å². The summed E-state index contributed by atoms with van der Waals surface area (Å²) in [5.74, 6) is 0.706. The van der Waals surface area contributed by atoms with Gasteiger partial charge < -0.3 is 0 Å². The summed E-state index contributed by atoms with van der Waals surface area (Å²) >= 11 is 0. The van der Waals surface area contributed by atoms with Crippen molar-refractivity contribution in [2.24, 2.45) is 0 Å². The van der Waals surface area contributed by atoms with Gasteiger partial charge in [-0.05, 0) is 90.8 Å². The quantitative estimate of drug-likeness (QED) is 0.700. The van der Waals surface area contributed by atoms with E-state index in [0.717, 1.165) is 0 Å². The molecular formula is C20H22. The number of hydrogen-bond acceptors (Lipinski definition) is 0. The van der Waals surface area contributed by atoms with Crippen molar-refractivity contribution < 1.29 is 0 Å². The smallest absolute Gasteiger partial charge is 0.00780 e. The Labute approximate surface area is 121 Å². The number of rotatable bonds is 1. The van der Waals surface area contributed by atoms with Gasteiger partial charge in [-0.15, -0.1) is 0 Å². The molecule has 0 heteroatoms. The van der Waals surface area contributed by atoms with Crippen molar-refractivity contribution in [2.45, 2.75) is 51.9 Å². The first-order chi connectivity index (χ1) is 9.74. The summed E-state index contributed by atoms with van der Waals surface area (Å²) in [6.45, 7) is 4.62. The highest BCUT2D eigenvalue weighted by Gasteiger charge is 2.26. The summed E-state index contributed by atoms with van der Waals surface area (Å²) in [7, 11) is 0. The Bertz CT molecular complexity index is 679. The van der Waals surface area contributed by atoms with Gasteiger partial charge in [0.25, 0.3) is 0 Å². The molecule has 0 spiro atoms. The maximum absolute atomic E-state index is 2.42. The summed E-state index contributed by atoms with van der Waals surface area (Å²) in [6.07, 6.45) is 6.41. The zero-order valence-corrected chi connectivity index (χ0v) is 12.5. The maximum atomic E-state index is 2.42. The van der Waals surface area contributed by atoms with Crippen LogP contribution in [0.4, 0.5) is 0 Å². The molecule has 0 N–H and O–H groups in total. The monoisotopic (exact) mass is 262 g/mol. The van der Waals surface area contributed by atoms with Crippen molar-refractivity contribution in [2.75, 3.05) is 0 Å². The Kier molecular flexibility index (Phi) is 2.73. The van der Waals surface area contributed by atoms with Gasteiger partial charge in [-0.2, -0.15) is 0 Å². The number of aryl methyl sites for hydroxylation is 2. The Morgan fingerprint density at radius 2 is 1.75 bits per heavy atom. The molecule has 0 saturated heterocycles. The normalized spacial score (nSPS) is 20.0. The molecule has 0 bridgehead atoms. The van der Waals surface area contributed by atoms with Crippen molar-refractivity contribution in [1.82, 2.24) is 0 Å². The molecular weight excluding hydrogens is 240 g/mol. The van der Waals surface area contributed by atoms with Crippen LogP contribution in [-0.4, -0.2) is 0 Å². The lowest BCUT2D eigenvalue weighted by molar-refractivity contribution is 0.732. The van der Waals surface area contributed by atoms with Crippen LogP contribution in [0.5, 0.6) is 0 Å². The summed E-state index contributed by atoms with van der Waals surface area (Å²) in [4.78, 5) is 0. The van der Waals surface area contributed by atoms with Crippen molar-refractivity contribution in [3.05, 3.63) is 69.3 Å². The second-order valence-electron chi connectivity index (χ2n) is 6.59. The summed E-state index contributed by atoms with van der Waals surface area (Å²) in [5.41, 5.74) is 11.1. The Balaban J connectivity index is 1.73. The van der Waals surface area contributed by atoms with Crippen LogP contribution in [-0.2, 0) is 25.7 Å². The summed E-state index contributed by atoms with van der Waals surface area (Å²) < 4.78 is 0. The van der Waals surface area contributed by atoms with Crippen LogP contribution in [0.25, 0.3) is 0 Å². The van der Waals surface area contributed by atoms with Crippen molar-refractivity contribution in [1.29, 1.82) is 0 Å². The van der Waals surface area contributed by atoms with Gasteiger partial charge in [0.1, 0.15) is 0 Å². The minimum Gasteiger partial charge on any atom is -0.0617 e. The lowest BCUT2D eigenvalue weighted by Gasteiger charge is -2.16. The third-order valence-corrected chi connectivity index (χ3v) is 5.47. The molecule has 0 saturated carbocycles. The first kappa shape index (κ1) is 12.2. The fourth-order valence-corrected chi connectivity index (χ4v) is 4.36. The van der Waals surface area contributed by atoms with Crippen LogP contribution in [0.15, 0.2) is 30.3 Å². The van der Waals surface area contributed by atoms with Gasteiger partial charge in [0, 0.05) is 0 Å². The molecule has 0 fully saturated rings. The van der Waals surface area contributed by atoms with Crippen molar-refractivity contribution in [3.63, 3.8) is 0 Å². The lowest BCUT2D eigenvalue weighted by atomic mass is 9.88. The topological polar surface area (TPSA) is 0 Å². The molecule has 0 aliphatic heterocycles. The second kappa shape index (κ2) is 4.48. The minimum absolute atomic E-state index is 0.706. The maximum Gasteiger partial charge on any atom is -0.00780 e. The highest BCUT2D eigenvalue weighted by Crippen LogP contribution is 2.39. The number of hydrogen-bond donors (Lipinski definition) is 0. The standard InChI is InChI=1S/C20H22/c1-13-5-3-7-16-11-17(12-20(13)16)19-10-9-15-6-4-8-18(15)14(19)2/h3,5,7,9-10,17H,4,6,8,11-12H2,1-2H3. The molecule has 2 aromatic carbocycles. The van der Waals surface area contributed by atoms with E-state index in [-0.39, 0.29) is 0 Å². The third kappa shape index (κ3) is 1.74. The van der Waals surface area contributed by atoms with Gasteiger partial charge in [-0.25, -0.2) is 0 Å². The van der Waals surface area contributed by atoms with Gasteiger partial charge in [0.2, 0.25) is 0 Å². The molecule has 102 valence electrons. The SMILES string of the molecule is Cc1cccc2c1CC(c1ccc3c(c1C)CCC3)C2. The molecule has 0 aromatic heterocycles. The van der Waals surface area contributed by atoms with E-state index in [2.05, 4.69) is 44.2 Å². The first-order valence-electron chi connectivity index (χ1n) is 7.92. The molecule has 0 radical (unpaired) electrons. The van der Waals surface area contributed by atoms with Gasteiger partial charge in [0.05, 0.1) is 0 Å². The molecule has 2 aliphatic rings. The average Bonchev–Trinajstić information content (AvgIpc) is 3.06. The van der Waals surface area contributed by atoms with E-state index in [1.807, 2.05) is 0 Å². The van der Waals surface area contributed by atoms with Crippen LogP contribution >= 0.6 is 0 Å². The molecule has 2 aromatic rings. The Hall–Kier alpha value is -1.56. The Morgan fingerprint density at radius 1 is 0.850 bits per heavy atom. The third-order valence-electron chi connectivity index (χ3n) is 5.47. The highest BCUT2D eigenvalue weighted by molar-refractivity contribution is 5.48. The fourth-order valence-electron chi connectivity index (χ4n) is 4.36. The van der Waals surface area contributed by atoms with E-state index in [4.69, 9.17) is 0 Å². The molecule has 1 atom stereocenters. The predicted octanol–water partition coefficient (Wildman–Crippen LogP) is 4.67. The fraction of sp³-hybridized carbons (Fsp3) is 0.400. The average molecular weight is 262 g/mol. The molecule has 1 unspecified atom stereocenters.